The van der Waals surface area contributed by atoms with Crippen molar-refractivity contribution in [2.75, 3.05) is 5.32 Å². The average Bonchev–Trinajstić information content (AvgIpc) is 2.74. The highest BCUT2D eigenvalue weighted by Gasteiger charge is 2.15. The number of anilines is 1. The SMILES string of the molecule is Cc1nn(C)cc1CNc1ncnc2c1CCCC2. The van der Waals surface area contributed by atoms with Gasteiger partial charge in [-0.05, 0) is 32.6 Å². The van der Waals surface area contributed by atoms with Gasteiger partial charge in [0.1, 0.15) is 12.1 Å². The van der Waals surface area contributed by atoms with E-state index in [0.29, 0.717) is 0 Å². The van der Waals surface area contributed by atoms with Gasteiger partial charge in [-0.25, -0.2) is 9.97 Å². The van der Waals surface area contributed by atoms with Crippen LogP contribution >= 0.6 is 0 Å². The van der Waals surface area contributed by atoms with E-state index in [0.717, 1.165) is 30.9 Å². The number of fused-ring (bicyclic) bond motifs is 1. The second-order valence-corrected chi connectivity index (χ2v) is 5.12. The van der Waals surface area contributed by atoms with Gasteiger partial charge in [0.15, 0.2) is 0 Å². The summed E-state index contributed by atoms with van der Waals surface area (Å²) in [6.45, 7) is 2.80. The molecule has 0 aliphatic heterocycles. The second-order valence-electron chi connectivity index (χ2n) is 5.12. The van der Waals surface area contributed by atoms with Crippen LogP contribution < -0.4 is 5.32 Å². The molecule has 0 saturated carbocycles. The average molecular weight is 257 g/mol. The lowest BCUT2D eigenvalue weighted by molar-refractivity contribution is 0.663. The Kier molecular flexibility index (Phi) is 3.19. The van der Waals surface area contributed by atoms with E-state index in [1.54, 1.807) is 6.33 Å². The van der Waals surface area contributed by atoms with Gasteiger partial charge in [0.25, 0.3) is 0 Å². The standard InChI is InChI=1S/C14H19N5/c1-10-11(8-19(2)18-10)7-15-14-12-5-3-4-6-13(12)16-9-17-14/h8-9H,3-7H2,1-2H3,(H,15,16,17). The van der Waals surface area contributed by atoms with Crippen LogP contribution in [0.1, 0.15) is 35.4 Å². The summed E-state index contributed by atoms with van der Waals surface area (Å²) in [6.07, 6.45) is 8.37. The molecule has 0 saturated heterocycles. The van der Waals surface area contributed by atoms with Crippen molar-refractivity contribution in [1.29, 1.82) is 0 Å². The highest BCUT2D eigenvalue weighted by atomic mass is 15.3. The van der Waals surface area contributed by atoms with Crippen molar-refractivity contribution in [2.45, 2.75) is 39.2 Å². The number of rotatable bonds is 3. The molecule has 5 heteroatoms. The minimum atomic E-state index is 0.767. The predicted molar refractivity (Wildman–Crippen MR) is 73.9 cm³/mol. The molecule has 0 unspecified atom stereocenters. The molecule has 2 aromatic heterocycles. The second kappa shape index (κ2) is 4.99. The molecule has 0 bridgehead atoms. The molecule has 2 heterocycles. The Labute approximate surface area is 113 Å². The van der Waals surface area contributed by atoms with Crippen LogP contribution in [0.15, 0.2) is 12.5 Å². The molecule has 0 radical (unpaired) electrons. The molecule has 0 atom stereocenters. The van der Waals surface area contributed by atoms with Gasteiger partial charge in [-0.1, -0.05) is 0 Å². The smallest absolute Gasteiger partial charge is 0.133 e. The van der Waals surface area contributed by atoms with Crippen molar-refractivity contribution in [1.82, 2.24) is 19.7 Å². The quantitative estimate of drug-likeness (QED) is 0.914. The van der Waals surface area contributed by atoms with Gasteiger partial charge < -0.3 is 5.32 Å². The first-order chi connectivity index (χ1) is 9.24. The van der Waals surface area contributed by atoms with E-state index in [-0.39, 0.29) is 0 Å². The first-order valence-electron chi connectivity index (χ1n) is 6.80. The molecule has 1 aliphatic carbocycles. The largest absolute Gasteiger partial charge is 0.366 e. The number of nitrogens with zero attached hydrogens (tertiary/aromatic N) is 4. The minimum Gasteiger partial charge on any atom is -0.366 e. The molecular weight excluding hydrogens is 238 g/mol. The summed E-state index contributed by atoms with van der Waals surface area (Å²) in [5, 5.41) is 7.79. The van der Waals surface area contributed by atoms with E-state index in [9.17, 15) is 0 Å². The van der Waals surface area contributed by atoms with Gasteiger partial charge in [-0.2, -0.15) is 5.10 Å². The van der Waals surface area contributed by atoms with Crippen molar-refractivity contribution < 1.29 is 0 Å². The topological polar surface area (TPSA) is 55.6 Å². The van der Waals surface area contributed by atoms with Crippen molar-refractivity contribution in [3.8, 4) is 0 Å². The fourth-order valence-corrected chi connectivity index (χ4v) is 2.67. The summed E-state index contributed by atoms with van der Waals surface area (Å²) < 4.78 is 1.85. The fourth-order valence-electron chi connectivity index (χ4n) is 2.67. The van der Waals surface area contributed by atoms with Crippen LogP contribution in [-0.2, 0) is 26.4 Å². The van der Waals surface area contributed by atoms with Crippen LogP contribution in [-0.4, -0.2) is 19.7 Å². The summed E-state index contributed by atoms with van der Waals surface area (Å²) in [7, 11) is 1.95. The molecule has 1 N–H and O–H groups in total. The van der Waals surface area contributed by atoms with Gasteiger partial charge in [-0.3, -0.25) is 4.68 Å². The van der Waals surface area contributed by atoms with E-state index in [4.69, 9.17) is 0 Å². The van der Waals surface area contributed by atoms with Crippen LogP contribution in [0.4, 0.5) is 5.82 Å². The molecule has 0 aromatic carbocycles. The maximum atomic E-state index is 4.39. The Morgan fingerprint density at radius 1 is 1.26 bits per heavy atom. The Balaban J connectivity index is 1.78. The van der Waals surface area contributed by atoms with E-state index < -0.39 is 0 Å². The third-order valence-corrected chi connectivity index (χ3v) is 3.69. The first kappa shape index (κ1) is 12.1. The summed E-state index contributed by atoms with van der Waals surface area (Å²) in [4.78, 5) is 8.78. The van der Waals surface area contributed by atoms with Crippen LogP contribution in [0, 0.1) is 6.92 Å². The molecule has 0 fully saturated rings. The van der Waals surface area contributed by atoms with Gasteiger partial charge in [0.05, 0.1) is 5.69 Å². The summed E-state index contributed by atoms with van der Waals surface area (Å²) in [6, 6.07) is 0. The van der Waals surface area contributed by atoms with Crippen molar-refractivity contribution in [2.24, 2.45) is 7.05 Å². The summed E-state index contributed by atoms with van der Waals surface area (Å²) >= 11 is 0. The Bertz CT molecular complexity index is 588. The predicted octanol–water partition coefficient (Wildman–Crippen LogP) is 2.01. The van der Waals surface area contributed by atoms with E-state index >= 15 is 0 Å². The molecule has 1 aliphatic rings. The number of aromatic nitrogens is 4. The van der Waals surface area contributed by atoms with Crippen LogP contribution in [0.25, 0.3) is 0 Å². The number of hydrogen-bond acceptors (Lipinski definition) is 4. The molecule has 19 heavy (non-hydrogen) atoms. The highest BCUT2D eigenvalue weighted by molar-refractivity contribution is 5.47. The lowest BCUT2D eigenvalue weighted by Gasteiger charge is -2.17. The molecule has 0 spiro atoms. The number of hydrogen-bond donors (Lipinski definition) is 1. The van der Waals surface area contributed by atoms with E-state index in [1.165, 1.54) is 29.7 Å². The zero-order chi connectivity index (χ0) is 13.2. The van der Waals surface area contributed by atoms with Crippen LogP contribution in [0.3, 0.4) is 0 Å². The summed E-state index contributed by atoms with van der Waals surface area (Å²) in [5.74, 6) is 0.993. The Morgan fingerprint density at radius 2 is 2.11 bits per heavy atom. The van der Waals surface area contributed by atoms with Crippen LogP contribution in [0.5, 0.6) is 0 Å². The number of aryl methyl sites for hydroxylation is 3. The first-order valence-corrected chi connectivity index (χ1v) is 6.80. The number of nitrogens with one attached hydrogen (secondary N) is 1. The maximum Gasteiger partial charge on any atom is 0.133 e. The summed E-state index contributed by atoms with van der Waals surface area (Å²) in [5.41, 5.74) is 4.80. The normalized spacial score (nSPS) is 14.2. The third-order valence-electron chi connectivity index (χ3n) is 3.69. The zero-order valence-electron chi connectivity index (χ0n) is 11.5. The third kappa shape index (κ3) is 2.45. The molecule has 3 rings (SSSR count). The Morgan fingerprint density at radius 3 is 2.89 bits per heavy atom. The van der Waals surface area contributed by atoms with Crippen molar-refractivity contribution in [3.63, 3.8) is 0 Å². The molecular formula is C14H19N5. The molecule has 5 nitrogen and oxygen atoms in total. The van der Waals surface area contributed by atoms with E-state index in [2.05, 4.69) is 26.6 Å². The van der Waals surface area contributed by atoms with Crippen molar-refractivity contribution in [3.05, 3.63) is 35.0 Å². The lowest BCUT2D eigenvalue weighted by atomic mass is 9.96. The zero-order valence-corrected chi connectivity index (χ0v) is 11.5. The maximum absolute atomic E-state index is 4.39. The minimum absolute atomic E-state index is 0.767. The van der Waals surface area contributed by atoms with Gasteiger partial charge in [0, 0.05) is 36.6 Å². The van der Waals surface area contributed by atoms with E-state index in [1.807, 2.05) is 18.7 Å². The lowest BCUT2D eigenvalue weighted by Crippen LogP contribution is -2.12. The molecule has 100 valence electrons. The monoisotopic (exact) mass is 257 g/mol. The Hall–Kier alpha value is -1.91. The molecule has 0 amide bonds. The van der Waals surface area contributed by atoms with Crippen LogP contribution in [0.2, 0.25) is 0 Å². The van der Waals surface area contributed by atoms with Gasteiger partial charge >= 0.3 is 0 Å². The van der Waals surface area contributed by atoms with Gasteiger partial charge in [0.2, 0.25) is 0 Å². The molecule has 2 aromatic rings. The van der Waals surface area contributed by atoms with Gasteiger partial charge in [-0.15, -0.1) is 0 Å². The van der Waals surface area contributed by atoms with Crippen molar-refractivity contribution >= 4 is 5.82 Å². The highest BCUT2D eigenvalue weighted by Crippen LogP contribution is 2.24. The fraction of sp³-hybridized carbons (Fsp3) is 0.500.